The molecule has 3 nitrogen and oxygen atoms in total. The quantitative estimate of drug-likeness (QED) is 0.845. The molecule has 1 unspecified atom stereocenters. The molecule has 2 aliphatic heterocycles. The Balaban J connectivity index is 1.65. The van der Waals surface area contributed by atoms with Crippen LogP contribution in [0.25, 0.3) is 0 Å². The van der Waals surface area contributed by atoms with Crippen molar-refractivity contribution in [2.24, 2.45) is 11.8 Å². The Morgan fingerprint density at radius 3 is 2.33 bits per heavy atom. The zero-order valence-corrected chi connectivity index (χ0v) is 10.3. The minimum atomic E-state index is -4.17. The van der Waals surface area contributed by atoms with Crippen LogP contribution in [0.5, 0.6) is 0 Å². The van der Waals surface area contributed by atoms with Gasteiger partial charge in [0, 0.05) is 32.7 Å². The minimum Gasteiger partial charge on any atom is -0.381 e. The molecule has 2 heterocycles. The molecule has 2 fully saturated rings. The highest BCUT2D eigenvalue weighted by Gasteiger charge is 2.38. The summed E-state index contributed by atoms with van der Waals surface area (Å²) in [5, 5.41) is 9.65. The van der Waals surface area contributed by atoms with Crippen molar-refractivity contribution in [2.75, 3.05) is 26.3 Å². The molecular formula is C12H20F3NO2. The van der Waals surface area contributed by atoms with Crippen LogP contribution in [0, 0.1) is 11.8 Å². The van der Waals surface area contributed by atoms with Crippen LogP contribution >= 0.6 is 0 Å². The fourth-order valence-electron chi connectivity index (χ4n) is 2.75. The summed E-state index contributed by atoms with van der Waals surface area (Å²) in [6.07, 6.45) is -4.17. The van der Waals surface area contributed by atoms with Crippen molar-refractivity contribution >= 4 is 0 Å². The van der Waals surface area contributed by atoms with Gasteiger partial charge in [-0.15, -0.1) is 0 Å². The normalized spacial score (nSPS) is 26.0. The van der Waals surface area contributed by atoms with Crippen LogP contribution in [0.4, 0.5) is 13.2 Å². The van der Waals surface area contributed by atoms with Gasteiger partial charge in [0.15, 0.2) is 0 Å². The first-order valence-electron chi connectivity index (χ1n) is 6.52. The highest BCUT2D eigenvalue weighted by atomic mass is 19.4. The van der Waals surface area contributed by atoms with E-state index in [2.05, 4.69) is 0 Å². The zero-order chi connectivity index (χ0) is 13.2. The Kier molecular flexibility index (Phi) is 4.50. The predicted octanol–water partition coefficient (Wildman–Crippen LogP) is 2.01. The lowest BCUT2D eigenvalue weighted by Gasteiger charge is -2.46. The Labute approximate surface area is 105 Å². The van der Waals surface area contributed by atoms with Crippen LogP contribution in [0.3, 0.4) is 0 Å². The van der Waals surface area contributed by atoms with Crippen LogP contribution in [-0.2, 0) is 4.74 Å². The third-order valence-electron chi connectivity index (χ3n) is 3.98. The second-order valence-electron chi connectivity index (χ2n) is 5.30. The van der Waals surface area contributed by atoms with Gasteiger partial charge in [-0.1, -0.05) is 0 Å². The average Bonchev–Trinajstić information content (AvgIpc) is 2.25. The van der Waals surface area contributed by atoms with Gasteiger partial charge >= 0.3 is 6.18 Å². The number of rotatable bonds is 4. The van der Waals surface area contributed by atoms with Crippen molar-refractivity contribution in [3.05, 3.63) is 0 Å². The van der Waals surface area contributed by atoms with Gasteiger partial charge in [0.1, 0.15) is 6.23 Å². The minimum absolute atomic E-state index is 0.218. The van der Waals surface area contributed by atoms with E-state index in [0.717, 1.165) is 39.1 Å². The summed E-state index contributed by atoms with van der Waals surface area (Å²) in [6.45, 7) is 3.03. The molecule has 0 aliphatic carbocycles. The van der Waals surface area contributed by atoms with Crippen molar-refractivity contribution in [3.63, 3.8) is 0 Å². The van der Waals surface area contributed by atoms with E-state index in [1.807, 2.05) is 0 Å². The van der Waals surface area contributed by atoms with E-state index in [1.165, 1.54) is 0 Å². The molecule has 0 amide bonds. The van der Waals surface area contributed by atoms with Gasteiger partial charge in [0.05, 0.1) is 0 Å². The molecule has 0 spiro atoms. The first kappa shape index (κ1) is 14.1. The van der Waals surface area contributed by atoms with Gasteiger partial charge < -0.3 is 9.84 Å². The van der Waals surface area contributed by atoms with Crippen molar-refractivity contribution in [1.29, 1.82) is 0 Å². The van der Waals surface area contributed by atoms with Crippen LogP contribution in [0.2, 0.25) is 0 Å². The van der Waals surface area contributed by atoms with E-state index in [4.69, 9.17) is 4.74 Å². The zero-order valence-electron chi connectivity index (χ0n) is 10.3. The lowest BCUT2D eigenvalue weighted by Crippen LogP contribution is -2.55. The molecule has 0 radical (unpaired) electrons. The number of aliphatic hydroxyl groups is 1. The highest BCUT2D eigenvalue weighted by Crippen LogP contribution is 2.33. The van der Waals surface area contributed by atoms with Crippen LogP contribution in [0.1, 0.15) is 25.7 Å². The second-order valence-corrected chi connectivity index (χ2v) is 5.30. The lowest BCUT2D eigenvalue weighted by atomic mass is 9.80. The molecule has 2 saturated heterocycles. The van der Waals surface area contributed by atoms with E-state index in [0.29, 0.717) is 11.8 Å². The second kappa shape index (κ2) is 5.75. The standard InChI is InChI=1S/C12H20F3NO2/c13-12(14,15)4-1-11(17)16-7-10(8-16)9-2-5-18-6-3-9/h9-11,17H,1-8H2. The number of aliphatic hydroxyl groups excluding tert-OH is 1. The average molecular weight is 267 g/mol. The molecule has 0 aromatic rings. The van der Waals surface area contributed by atoms with Gasteiger partial charge in [-0.2, -0.15) is 13.2 Å². The first-order valence-corrected chi connectivity index (χ1v) is 6.52. The van der Waals surface area contributed by atoms with Gasteiger partial charge in [-0.3, -0.25) is 4.90 Å². The van der Waals surface area contributed by atoms with E-state index in [1.54, 1.807) is 4.90 Å². The topological polar surface area (TPSA) is 32.7 Å². The fraction of sp³-hybridized carbons (Fsp3) is 1.00. The Morgan fingerprint density at radius 1 is 1.17 bits per heavy atom. The molecule has 1 N–H and O–H groups in total. The van der Waals surface area contributed by atoms with Crippen LogP contribution in [0.15, 0.2) is 0 Å². The third-order valence-corrected chi connectivity index (χ3v) is 3.98. The predicted molar refractivity (Wildman–Crippen MR) is 59.9 cm³/mol. The summed E-state index contributed by atoms with van der Waals surface area (Å²) < 4.78 is 41.4. The van der Waals surface area contributed by atoms with E-state index >= 15 is 0 Å². The first-order chi connectivity index (χ1) is 8.46. The van der Waals surface area contributed by atoms with Gasteiger partial charge in [0.2, 0.25) is 0 Å². The van der Waals surface area contributed by atoms with Crippen molar-refractivity contribution in [3.8, 4) is 0 Å². The molecule has 0 saturated carbocycles. The lowest BCUT2D eigenvalue weighted by molar-refractivity contribution is -0.155. The largest absolute Gasteiger partial charge is 0.389 e. The molecule has 0 aromatic carbocycles. The number of ether oxygens (including phenoxy) is 1. The van der Waals surface area contributed by atoms with E-state index in [9.17, 15) is 18.3 Å². The summed E-state index contributed by atoms with van der Waals surface area (Å²) >= 11 is 0. The van der Waals surface area contributed by atoms with Crippen LogP contribution in [-0.4, -0.2) is 48.7 Å². The number of halogens is 3. The van der Waals surface area contributed by atoms with Crippen LogP contribution < -0.4 is 0 Å². The SMILES string of the molecule is OC(CCC(F)(F)F)N1CC(C2CCOCC2)C1. The summed E-state index contributed by atoms with van der Waals surface area (Å²) in [5.41, 5.74) is 0. The molecular weight excluding hydrogens is 247 g/mol. The smallest absolute Gasteiger partial charge is 0.381 e. The third kappa shape index (κ3) is 3.83. The Hall–Kier alpha value is -0.330. The molecule has 2 aliphatic rings. The Morgan fingerprint density at radius 2 is 1.78 bits per heavy atom. The number of likely N-dealkylation sites (tertiary alicyclic amines) is 1. The maximum absolute atomic E-state index is 12.0. The molecule has 0 aromatic heterocycles. The summed E-state index contributed by atoms with van der Waals surface area (Å²) in [4.78, 5) is 1.74. The summed E-state index contributed by atoms with van der Waals surface area (Å²) in [7, 11) is 0. The van der Waals surface area contributed by atoms with E-state index < -0.39 is 18.8 Å². The van der Waals surface area contributed by atoms with Crippen molar-refractivity contribution in [1.82, 2.24) is 4.90 Å². The maximum Gasteiger partial charge on any atom is 0.389 e. The molecule has 1 atom stereocenters. The van der Waals surface area contributed by atoms with Crippen molar-refractivity contribution in [2.45, 2.75) is 38.1 Å². The maximum atomic E-state index is 12.0. The number of hydrogen-bond donors (Lipinski definition) is 1. The number of hydrogen-bond acceptors (Lipinski definition) is 3. The molecule has 0 bridgehead atoms. The van der Waals surface area contributed by atoms with E-state index in [-0.39, 0.29) is 6.42 Å². The fourth-order valence-corrected chi connectivity index (χ4v) is 2.75. The highest BCUT2D eigenvalue weighted by molar-refractivity contribution is 4.87. The van der Waals surface area contributed by atoms with Gasteiger partial charge in [0.25, 0.3) is 0 Å². The molecule has 106 valence electrons. The summed E-state index contributed by atoms with van der Waals surface area (Å²) in [5.74, 6) is 1.14. The summed E-state index contributed by atoms with van der Waals surface area (Å²) in [6, 6.07) is 0. The van der Waals surface area contributed by atoms with Crippen molar-refractivity contribution < 1.29 is 23.0 Å². The number of alkyl halides is 3. The van der Waals surface area contributed by atoms with Gasteiger partial charge in [-0.25, -0.2) is 0 Å². The van der Waals surface area contributed by atoms with Gasteiger partial charge in [-0.05, 0) is 31.1 Å². The molecule has 2 rings (SSSR count). The number of nitrogens with zero attached hydrogens (tertiary/aromatic N) is 1. The monoisotopic (exact) mass is 267 g/mol. The Bertz CT molecular complexity index is 261. The molecule has 6 heteroatoms. The molecule has 18 heavy (non-hydrogen) atoms.